The van der Waals surface area contributed by atoms with Crippen molar-refractivity contribution < 1.29 is 22.7 Å². The molecule has 1 aromatic rings. The zero-order valence-electron chi connectivity index (χ0n) is 12.3. The van der Waals surface area contributed by atoms with Gasteiger partial charge in [-0.1, -0.05) is 0 Å². The number of carbonyl (C=O) groups is 2. The lowest BCUT2D eigenvalue weighted by atomic mass is 10.2. The van der Waals surface area contributed by atoms with Crippen LogP contribution in [0.5, 0.6) is 5.75 Å². The number of anilines is 2. The van der Waals surface area contributed by atoms with Gasteiger partial charge in [-0.2, -0.15) is 0 Å². The molecule has 0 aliphatic carbocycles. The lowest BCUT2D eigenvalue weighted by Crippen LogP contribution is -2.43. The van der Waals surface area contributed by atoms with Crippen molar-refractivity contribution >= 4 is 33.3 Å². The molecule has 10 heteroatoms. The fourth-order valence-electron chi connectivity index (χ4n) is 1.62. The summed E-state index contributed by atoms with van der Waals surface area (Å²) in [5.41, 5.74) is 5.54. The van der Waals surface area contributed by atoms with E-state index in [0.29, 0.717) is 11.4 Å². The zero-order valence-corrected chi connectivity index (χ0v) is 13.2. The number of carbonyl (C=O) groups excluding carboxylic acids is 2. The van der Waals surface area contributed by atoms with Gasteiger partial charge in [0, 0.05) is 5.69 Å². The number of primary amides is 1. The minimum atomic E-state index is -3.49. The molecule has 22 heavy (non-hydrogen) atoms. The molecule has 9 nitrogen and oxygen atoms in total. The molecule has 0 radical (unpaired) electrons. The third kappa shape index (κ3) is 5.48. The number of nitrogens with one attached hydrogen (secondary N) is 3. The maximum Gasteiger partial charge on any atom is 0.318 e. The van der Waals surface area contributed by atoms with Crippen LogP contribution in [0.1, 0.15) is 6.92 Å². The van der Waals surface area contributed by atoms with E-state index in [4.69, 9.17) is 10.5 Å². The zero-order chi connectivity index (χ0) is 16.9. The number of hydrogen-bond acceptors (Lipinski definition) is 6. The summed E-state index contributed by atoms with van der Waals surface area (Å²) >= 11 is 0. The number of urea groups is 1. The predicted octanol–water partition coefficient (Wildman–Crippen LogP) is 0.0620. The SMILES string of the molecule is COc1ccc(NC(C)C(=O)NC(N)=O)cc1NS(C)(=O)=O. The van der Waals surface area contributed by atoms with E-state index in [2.05, 4.69) is 10.0 Å². The molecule has 1 atom stereocenters. The van der Waals surface area contributed by atoms with Crippen LogP contribution in [0.3, 0.4) is 0 Å². The molecule has 0 saturated carbocycles. The second-order valence-electron chi connectivity index (χ2n) is 4.51. The average molecular weight is 330 g/mol. The third-order valence-electron chi connectivity index (χ3n) is 2.52. The molecule has 3 amide bonds. The van der Waals surface area contributed by atoms with Gasteiger partial charge in [-0.15, -0.1) is 0 Å². The van der Waals surface area contributed by atoms with Crippen LogP contribution in [0.4, 0.5) is 16.2 Å². The minimum Gasteiger partial charge on any atom is -0.495 e. The molecule has 122 valence electrons. The molecule has 1 unspecified atom stereocenters. The van der Waals surface area contributed by atoms with Gasteiger partial charge in [-0.25, -0.2) is 13.2 Å². The van der Waals surface area contributed by atoms with Crippen LogP contribution in [0.2, 0.25) is 0 Å². The van der Waals surface area contributed by atoms with Crippen molar-refractivity contribution in [1.82, 2.24) is 5.32 Å². The first-order valence-corrected chi connectivity index (χ1v) is 8.04. The molecule has 0 fully saturated rings. The molecule has 0 aliphatic heterocycles. The summed E-state index contributed by atoms with van der Waals surface area (Å²) in [5.74, 6) is -0.286. The summed E-state index contributed by atoms with van der Waals surface area (Å²) in [4.78, 5) is 22.2. The molecular weight excluding hydrogens is 312 g/mol. The molecule has 1 aromatic carbocycles. The predicted molar refractivity (Wildman–Crippen MR) is 82.3 cm³/mol. The Morgan fingerprint density at radius 1 is 1.32 bits per heavy atom. The lowest BCUT2D eigenvalue weighted by molar-refractivity contribution is -0.120. The van der Waals surface area contributed by atoms with Crippen LogP contribution in [-0.4, -0.2) is 39.8 Å². The highest BCUT2D eigenvalue weighted by Gasteiger charge is 2.15. The van der Waals surface area contributed by atoms with E-state index < -0.39 is 28.0 Å². The summed E-state index contributed by atoms with van der Waals surface area (Å²) in [7, 11) is -2.08. The Morgan fingerprint density at radius 3 is 2.45 bits per heavy atom. The second-order valence-corrected chi connectivity index (χ2v) is 6.26. The number of amides is 3. The smallest absolute Gasteiger partial charge is 0.318 e. The summed E-state index contributed by atoms with van der Waals surface area (Å²) in [6, 6.07) is 2.89. The van der Waals surface area contributed by atoms with Crippen LogP contribution in [-0.2, 0) is 14.8 Å². The van der Waals surface area contributed by atoms with Crippen molar-refractivity contribution in [3.8, 4) is 5.75 Å². The molecule has 0 heterocycles. The molecule has 0 spiro atoms. The average Bonchev–Trinajstić information content (AvgIpc) is 2.36. The Bertz CT molecular complexity index is 674. The molecule has 0 bridgehead atoms. The number of rotatable bonds is 6. The largest absolute Gasteiger partial charge is 0.495 e. The topological polar surface area (TPSA) is 140 Å². The second kappa shape index (κ2) is 6.98. The minimum absolute atomic E-state index is 0.220. The van der Waals surface area contributed by atoms with E-state index in [9.17, 15) is 18.0 Å². The number of methoxy groups -OCH3 is 1. The van der Waals surface area contributed by atoms with E-state index in [1.165, 1.54) is 26.2 Å². The summed E-state index contributed by atoms with van der Waals surface area (Å²) in [5, 5.41) is 4.75. The summed E-state index contributed by atoms with van der Waals surface area (Å²) in [6.45, 7) is 1.52. The van der Waals surface area contributed by atoms with E-state index in [-0.39, 0.29) is 5.69 Å². The highest BCUT2D eigenvalue weighted by Crippen LogP contribution is 2.28. The number of imide groups is 1. The van der Waals surface area contributed by atoms with E-state index in [1.807, 2.05) is 5.32 Å². The molecule has 0 saturated heterocycles. The fourth-order valence-corrected chi connectivity index (χ4v) is 2.18. The highest BCUT2D eigenvalue weighted by atomic mass is 32.2. The molecule has 0 aromatic heterocycles. The molecule has 0 aliphatic rings. The van der Waals surface area contributed by atoms with Crippen LogP contribution in [0.15, 0.2) is 18.2 Å². The number of sulfonamides is 1. The van der Waals surface area contributed by atoms with Gasteiger partial charge in [-0.05, 0) is 25.1 Å². The van der Waals surface area contributed by atoms with Crippen molar-refractivity contribution in [2.75, 3.05) is 23.4 Å². The van der Waals surface area contributed by atoms with Gasteiger partial charge in [0.25, 0.3) is 0 Å². The Hall–Kier alpha value is -2.49. The Kier molecular flexibility index (Phi) is 5.57. The first-order chi connectivity index (χ1) is 10.1. The van der Waals surface area contributed by atoms with Crippen LogP contribution in [0, 0.1) is 0 Å². The highest BCUT2D eigenvalue weighted by molar-refractivity contribution is 7.92. The molecular formula is C12H18N4O5S. The number of benzene rings is 1. The van der Waals surface area contributed by atoms with Crippen LogP contribution in [0.25, 0.3) is 0 Å². The first-order valence-electron chi connectivity index (χ1n) is 6.15. The van der Waals surface area contributed by atoms with Gasteiger partial charge < -0.3 is 15.8 Å². The Balaban J connectivity index is 2.94. The van der Waals surface area contributed by atoms with Gasteiger partial charge in [0.05, 0.1) is 19.1 Å². The van der Waals surface area contributed by atoms with E-state index in [0.717, 1.165) is 6.26 Å². The fraction of sp³-hybridized carbons (Fsp3) is 0.333. The summed E-state index contributed by atoms with van der Waals surface area (Å²) < 4.78 is 30.0. The normalized spacial score (nSPS) is 12.1. The van der Waals surface area contributed by atoms with Crippen molar-refractivity contribution in [3.05, 3.63) is 18.2 Å². The van der Waals surface area contributed by atoms with Crippen molar-refractivity contribution in [2.24, 2.45) is 5.73 Å². The maximum absolute atomic E-state index is 11.6. The van der Waals surface area contributed by atoms with Gasteiger partial charge in [0.2, 0.25) is 15.9 Å². The Morgan fingerprint density at radius 2 is 1.95 bits per heavy atom. The van der Waals surface area contributed by atoms with Crippen LogP contribution >= 0.6 is 0 Å². The number of nitrogens with two attached hydrogens (primary N) is 1. The number of hydrogen-bond donors (Lipinski definition) is 4. The van der Waals surface area contributed by atoms with Crippen molar-refractivity contribution in [3.63, 3.8) is 0 Å². The molecule has 5 N–H and O–H groups in total. The summed E-state index contributed by atoms with van der Waals surface area (Å²) in [6.07, 6.45) is 1.01. The van der Waals surface area contributed by atoms with Crippen molar-refractivity contribution in [1.29, 1.82) is 0 Å². The quantitative estimate of drug-likeness (QED) is 0.581. The van der Waals surface area contributed by atoms with Crippen LogP contribution < -0.4 is 25.8 Å². The van der Waals surface area contributed by atoms with Gasteiger partial charge in [0.1, 0.15) is 11.8 Å². The van der Waals surface area contributed by atoms with Gasteiger partial charge in [0.15, 0.2) is 0 Å². The van der Waals surface area contributed by atoms with E-state index >= 15 is 0 Å². The Labute approximate surface area is 128 Å². The first kappa shape index (κ1) is 17.6. The molecule has 1 rings (SSSR count). The maximum atomic E-state index is 11.6. The lowest BCUT2D eigenvalue weighted by Gasteiger charge is -2.16. The van der Waals surface area contributed by atoms with Gasteiger partial charge in [-0.3, -0.25) is 14.8 Å². The van der Waals surface area contributed by atoms with E-state index in [1.54, 1.807) is 6.07 Å². The van der Waals surface area contributed by atoms with Gasteiger partial charge >= 0.3 is 6.03 Å². The third-order valence-corrected chi connectivity index (χ3v) is 3.11. The number of ether oxygens (including phenoxy) is 1. The monoisotopic (exact) mass is 330 g/mol. The standard InChI is InChI=1S/C12H18N4O5S/c1-7(11(17)15-12(13)18)14-8-4-5-10(21-2)9(6-8)16-22(3,19)20/h4-7,14,16H,1-3H3,(H3,13,15,17,18). The van der Waals surface area contributed by atoms with Crippen molar-refractivity contribution in [2.45, 2.75) is 13.0 Å².